The van der Waals surface area contributed by atoms with Crippen LogP contribution < -0.4 is 0 Å². The highest BCUT2D eigenvalue weighted by Gasteiger charge is 2.29. The number of nitrogens with zero attached hydrogens (tertiary/aromatic N) is 2. The molecule has 0 radical (unpaired) electrons. The van der Waals surface area contributed by atoms with Crippen molar-refractivity contribution in [3.8, 4) is 0 Å². The summed E-state index contributed by atoms with van der Waals surface area (Å²) in [5.74, 6) is -0.419. The van der Waals surface area contributed by atoms with E-state index in [0.29, 0.717) is 13.2 Å². The molecule has 1 atom stereocenters. The number of carboxylic acid groups (broad SMARTS) is 1. The van der Waals surface area contributed by atoms with E-state index >= 15 is 0 Å². The van der Waals surface area contributed by atoms with E-state index in [2.05, 4.69) is 4.90 Å². The molecule has 1 aliphatic heterocycles. The smallest absolute Gasteiger partial charge is 0.318 e. The van der Waals surface area contributed by atoms with E-state index in [-0.39, 0.29) is 25.1 Å². The molecular formula is C15H29ClN2O5S. The van der Waals surface area contributed by atoms with Crippen LogP contribution in [0.2, 0.25) is 0 Å². The number of carboxylic acids is 1. The van der Waals surface area contributed by atoms with Crippen molar-refractivity contribution in [2.24, 2.45) is 5.92 Å². The van der Waals surface area contributed by atoms with E-state index in [9.17, 15) is 13.2 Å². The van der Waals surface area contributed by atoms with E-state index in [4.69, 9.17) is 9.84 Å². The highest BCUT2D eigenvalue weighted by atomic mass is 35.5. The zero-order valence-electron chi connectivity index (χ0n) is 14.2. The van der Waals surface area contributed by atoms with Crippen LogP contribution in [0.1, 0.15) is 32.1 Å². The van der Waals surface area contributed by atoms with Gasteiger partial charge in [0.25, 0.3) is 0 Å². The maximum absolute atomic E-state index is 11.7. The molecule has 0 bridgehead atoms. The molecule has 9 heteroatoms. The van der Waals surface area contributed by atoms with E-state index in [1.54, 1.807) is 0 Å². The average Bonchev–Trinajstić information content (AvgIpc) is 2.46. The molecule has 0 spiro atoms. The molecule has 2 rings (SSSR count). The van der Waals surface area contributed by atoms with Crippen LogP contribution >= 0.6 is 12.4 Å². The van der Waals surface area contributed by atoms with Crippen LogP contribution in [-0.2, 0) is 19.6 Å². The maximum atomic E-state index is 11.7. The fourth-order valence-corrected chi connectivity index (χ4v) is 4.27. The number of halogens is 1. The number of aliphatic carboxylic acids is 1. The monoisotopic (exact) mass is 384 g/mol. The molecular weight excluding hydrogens is 356 g/mol. The summed E-state index contributed by atoms with van der Waals surface area (Å²) in [5, 5.41) is 8.89. The van der Waals surface area contributed by atoms with Gasteiger partial charge in [0, 0.05) is 26.2 Å². The van der Waals surface area contributed by atoms with Crippen molar-refractivity contribution in [2.75, 3.05) is 45.6 Å². The predicted molar refractivity (Wildman–Crippen MR) is 94.1 cm³/mol. The van der Waals surface area contributed by atoms with E-state index in [0.717, 1.165) is 29.6 Å². The van der Waals surface area contributed by atoms with Gasteiger partial charge in [0.15, 0.2) is 0 Å². The first kappa shape index (κ1) is 21.6. The minimum absolute atomic E-state index is 0. The molecule has 1 saturated carbocycles. The summed E-state index contributed by atoms with van der Waals surface area (Å²) in [6.45, 7) is 2.74. The Kier molecular flexibility index (Phi) is 8.94. The van der Waals surface area contributed by atoms with Crippen LogP contribution in [-0.4, -0.2) is 80.4 Å². The summed E-state index contributed by atoms with van der Waals surface area (Å²) < 4.78 is 30.1. The molecule has 0 amide bonds. The maximum Gasteiger partial charge on any atom is 0.318 e. The zero-order chi connectivity index (χ0) is 16.9. The van der Waals surface area contributed by atoms with Crippen LogP contribution in [0.4, 0.5) is 0 Å². The van der Waals surface area contributed by atoms with Crippen molar-refractivity contribution in [1.82, 2.24) is 9.21 Å². The molecule has 1 aliphatic carbocycles. The second-order valence-corrected chi connectivity index (χ2v) is 8.69. The van der Waals surface area contributed by atoms with Crippen LogP contribution in [0.5, 0.6) is 0 Å². The van der Waals surface area contributed by atoms with Crippen molar-refractivity contribution in [3.63, 3.8) is 0 Å². The summed E-state index contributed by atoms with van der Waals surface area (Å²) >= 11 is 0. The van der Waals surface area contributed by atoms with Crippen LogP contribution in [0, 0.1) is 5.92 Å². The largest absolute Gasteiger partial charge is 0.480 e. The molecule has 1 N–H and O–H groups in total. The molecule has 2 fully saturated rings. The number of rotatable bonds is 7. The van der Waals surface area contributed by atoms with Gasteiger partial charge in [-0.2, -0.15) is 4.31 Å². The molecule has 0 aromatic carbocycles. The quantitative estimate of drug-likeness (QED) is 0.705. The average molecular weight is 385 g/mol. The summed E-state index contributed by atoms with van der Waals surface area (Å²) in [7, 11) is -3.55. The SMILES string of the molecule is CS(=O)(=O)N(CC(=O)O)CC1CN(CC2CCCCC2)CCO1.Cl. The Balaban J connectivity index is 0.00000288. The minimum atomic E-state index is -3.55. The molecule has 0 aromatic heterocycles. The second-order valence-electron chi connectivity index (χ2n) is 6.71. The number of morpholine rings is 1. The number of ether oxygens (including phenoxy) is 1. The third-order valence-electron chi connectivity index (χ3n) is 4.65. The van der Waals surface area contributed by atoms with E-state index in [1.807, 2.05) is 0 Å². The Morgan fingerprint density at radius 2 is 1.96 bits per heavy atom. The van der Waals surface area contributed by atoms with Crippen LogP contribution in [0.3, 0.4) is 0 Å². The van der Waals surface area contributed by atoms with Crippen molar-refractivity contribution in [1.29, 1.82) is 0 Å². The standard InChI is InChI=1S/C15H28N2O5S.ClH/c1-23(20,21)17(12-15(18)19)11-14-10-16(7-8-22-14)9-13-5-3-2-4-6-13;/h13-14H,2-12H2,1H3,(H,18,19);1H. The topological polar surface area (TPSA) is 87.2 Å². The Labute approximate surface area is 150 Å². The van der Waals surface area contributed by atoms with Gasteiger partial charge in [-0.3, -0.25) is 9.69 Å². The fourth-order valence-electron chi connectivity index (χ4n) is 3.49. The predicted octanol–water partition coefficient (Wildman–Crippen LogP) is 1.04. The van der Waals surface area contributed by atoms with Gasteiger partial charge in [0.1, 0.15) is 6.54 Å². The molecule has 1 unspecified atom stereocenters. The first-order valence-electron chi connectivity index (χ1n) is 8.35. The lowest BCUT2D eigenvalue weighted by Crippen LogP contribution is -2.50. The highest BCUT2D eigenvalue weighted by molar-refractivity contribution is 7.88. The Hall–Kier alpha value is -0.410. The molecule has 142 valence electrons. The molecule has 0 aromatic rings. The van der Waals surface area contributed by atoms with Gasteiger partial charge in [-0.25, -0.2) is 8.42 Å². The summed E-state index contributed by atoms with van der Waals surface area (Å²) in [6, 6.07) is 0. The summed E-state index contributed by atoms with van der Waals surface area (Å²) in [4.78, 5) is 13.2. The number of hydrogen-bond acceptors (Lipinski definition) is 5. The molecule has 24 heavy (non-hydrogen) atoms. The van der Waals surface area contributed by atoms with Gasteiger partial charge >= 0.3 is 5.97 Å². The lowest BCUT2D eigenvalue weighted by atomic mass is 9.89. The van der Waals surface area contributed by atoms with Crippen molar-refractivity contribution < 1.29 is 23.1 Å². The first-order valence-corrected chi connectivity index (χ1v) is 10.2. The lowest BCUT2D eigenvalue weighted by molar-refractivity contribution is -0.137. The highest BCUT2D eigenvalue weighted by Crippen LogP contribution is 2.25. The Morgan fingerprint density at radius 3 is 2.54 bits per heavy atom. The normalized spacial score (nSPS) is 23.8. The van der Waals surface area contributed by atoms with E-state index < -0.39 is 22.5 Å². The molecule has 7 nitrogen and oxygen atoms in total. The molecule has 1 saturated heterocycles. The van der Waals surface area contributed by atoms with Crippen molar-refractivity contribution >= 4 is 28.4 Å². The van der Waals surface area contributed by atoms with Gasteiger partial charge in [-0.05, 0) is 18.8 Å². The summed E-state index contributed by atoms with van der Waals surface area (Å²) in [5.41, 5.74) is 0. The Bertz CT molecular complexity index is 496. The van der Waals surface area contributed by atoms with E-state index in [1.165, 1.54) is 32.1 Å². The van der Waals surface area contributed by atoms with Gasteiger partial charge in [-0.1, -0.05) is 19.3 Å². The molecule has 1 heterocycles. The second kappa shape index (κ2) is 9.91. The number of carbonyl (C=O) groups is 1. The summed E-state index contributed by atoms with van der Waals surface area (Å²) in [6.07, 6.45) is 7.27. The third-order valence-corrected chi connectivity index (χ3v) is 5.87. The molecule has 2 aliphatic rings. The Morgan fingerprint density at radius 1 is 1.29 bits per heavy atom. The van der Waals surface area contributed by atoms with Gasteiger partial charge in [0.05, 0.1) is 19.0 Å². The van der Waals surface area contributed by atoms with Gasteiger partial charge in [-0.15, -0.1) is 12.4 Å². The number of sulfonamides is 1. The number of hydrogen-bond donors (Lipinski definition) is 1. The lowest BCUT2D eigenvalue weighted by Gasteiger charge is -2.37. The fraction of sp³-hybridized carbons (Fsp3) is 0.933. The zero-order valence-corrected chi connectivity index (χ0v) is 15.9. The van der Waals surface area contributed by atoms with Gasteiger partial charge in [0.2, 0.25) is 10.0 Å². The first-order chi connectivity index (χ1) is 10.8. The van der Waals surface area contributed by atoms with Crippen LogP contribution in [0.15, 0.2) is 0 Å². The minimum Gasteiger partial charge on any atom is -0.480 e. The third kappa shape index (κ3) is 7.23. The van der Waals surface area contributed by atoms with Gasteiger partial charge < -0.3 is 9.84 Å². The van der Waals surface area contributed by atoms with Crippen LogP contribution in [0.25, 0.3) is 0 Å². The van der Waals surface area contributed by atoms with Crippen molar-refractivity contribution in [3.05, 3.63) is 0 Å². The van der Waals surface area contributed by atoms with Crippen molar-refractivity contribution in [2.45, 2.75) is 38.2 Å².